The molecule has 0 saturated carbocycles. The van der Waals surface area contributed by atoms with E-state index in [4.69, 9.17) is 4.74 Å². The van der Waals surface area contributed by atoms with E-state index in [2.05, 4.69) is 9.62 Å². The fourth-order valence-corrected chi connectivity index (χ4v) is 3.98. The lowest BCUT2D eigenvalue weighted by atomic mass is 10.0. The number of halogens is 2. The first-order chi connectivity index (χ1) is 12.5. The van der Waals surface area contributed by atoms with E-state index in [1.165, 1.54) is 24.3 Å². The number of rotatable bonds is 6. The molecule has 1 saturated heterocycles. The monoisotopic (exact) mass is 382 g/mol. The highest BCUT2D eigenvalue weighted by molar-refractivity contribution is 7.89. The van der Waals surface area contributed by atoms with E-state index in [0.29, 0.717) is 31.9 Å². The number of benzene rings is 2. The molecular weight excluding hydrogens is 362 g/mol. The highest BCUT2D eigenvalue weighted by Crippen LogP contribution is 2.23. The molecular formula is C18H20F2N2O3S. The summed E-state index contributed by atoms with van der Waals surface area (Å²) >= 11 is 0. The van der Waals surface area contributed by atoms with Crippen LogP contribution in [0.5, 0.6) is 0 Å². The van der Waals surface area contributed by atoms with Crippen molar-refractivity contribution in [3.63, 3.8) is 0 Å². The zero-order valence-electron chi connectivity index (χ0n) is 14.1. The maximum Gasteiger partial charge on any atom is 0.240 e. The van der Waals surface area contributed by atoms with E-state index >= 15 is 0 Å². The second-order valence-corrected chi connectivity index (χ2v) is 7.79. The highest BCUT2D eigenvalue weighted by atomic mass is 32.2. The fourth-order valence-electron chi connectivity index (χ4n) is 2.95. The SMILES string of the molecule is O=S(=O)(NCC(c1cccc(F)c1)N1CCOCC1)c1ccc(F)cc1. The Balaban J connectivity index is 1.80. The van der Waals surface area contributed by atoms with Crippen molar-refractivity contribution in [3.8, 4) is 0 Å². The van der Waals surface area contributed by atoms with Gasteiger partial charge in [0.1, 0.15) is 11.6 Å². The largest absolute Gasteiger partial charge is 0.379 e. The molecule has 0 spiro atoms. The van der Waals surface area contributed by atoms with Crippen LogP contribution in [0.1, 0.15) is 11.6 Å². The van der Waals surface area contributed by atoms with Gasteiger partial charge in [0.05, 0.1) is 18.1 Å². The van der Waals surface area contributed by atoms with Gasteiger partial charge in [-0.3, -0.25) is 4.90 Å². The number of nitrogens with zero attached hydrogens (tertiary/aromatic N) is 1. The van der Waals surface area contributed by atoms with Crippen LogP contribution in [-0.2, 0) is 14.8 Å². The third-order valence-corrected chi connectivity index (χ3v) is 5.75. The maximum absolute atomic E-state index is 13.7. The number of sulfonamides is 1. The first-order valence-electron chi connectivity index (χ1n) is 8.28. The molecule has 3 rings (SSSR count). The van der Waals surface area contributed by atoms with E-state index in [-0.39, 0.29) is 23.3 Å². The normalized spacial score (nSPS) is 17.2. The molecule has 5 nitrogen and oxygen atoms in total. The van der Waals surface area contributed by atoms with Crippen LogP contribution in [0.2, 0.25) is 0 Å². The molecule has 0 aromatic heterocycles. The molecule has 0 aliphatic carbocycles. The average Bonchev–Trinajstić information content (AvgIpc) is 2.63. The van der Waals surface area contributed by atoms with Crippen LogP contribution in [0.3, 0.4) is 0 Å². The van der Waals surface area contributed by atoms with Crippen molar-refractivity contribution in [2.24, 2.45) is 0 Å². The number of morpholine rings is 1. The lowest BCUT2D eigenvalue weighted by Crippen LogP contribution is -2.43. The molecule has 2 aromatic rings. The van der Waals surface area contributed by atoms with Gasteiger partial charge in [-0.2, -0.15) is 0 Å². The minimum Gasteiger partial charge on any atom is -0.379 e. The molecule has 0 amide bonds. The molecule has 1 aliphatic rings. The van der Waals surface area contributed by atoms with Gasteiger partial charge in [0.2, 0.25) is 10.0 Å². The maximum atomic E-state index is 13.7. The summed E-state index contributed by atoms with van der Waals surface area (Å²) in [5, 5.41) is 0. The van der Waals surface area contributed by atoms with Crippen molar-refractivity contribution < 1.29 is 21.9 Å². The minimum absolute atomic E-state index is 0.0149. The Labute approximate surface area is 151 Å². The summed E-state index contributed by atoms with van der Waals surface area (Å²) < 4.78 is 59.5. The van der Waals surface area contributed by atoms with Crippen molar-refractivity contribution in [1.82, 2.24) is 9.62 Å². The summed E-state index contributed by atoms with van der Waals surface area (Å²) in [5.74, 6) is -0.878. The molecule has 140 valence electrons. The number of hydrogen-bond donors (Lipinski definition) is 1. The van der Waals surface area contributed by atoms with E-state index < -0.39 is 15.8 Å². The Kier molecular flexibility index (Phi) is 5.98. The first kappa shape index (κ1) is 18.9. The number of ether oxygens (including phenoxy) is 1. The summed E-state index contributed by atoms with van der Waals surface area (Å²) in [6.45, 7) is 2.40. The third-order valence-electron chi connectivity index (χ3n) is 4.31. The summed E-state index contributed by atoms with van der Waals surface area (Å²) in [4.78, 5) is 2.05. The first-order valence-corrected chi connectivity index (χ1v) is 9.76. The molecule has 1 unspecified atom stereocenters. The van der Waals surface area contributed by atoms with Gasteiger partial charge >= 0.3 is 0 Å². The Morgan fingerprint density at radius 2 is 1.73 bits per heavy atom. The number of hydrogen-bond acceptors (Lipinski definition) is 4. The van der Waals surface area contributed by atoms with Crippen LogP contribution < -0.4 is 4.72 Å². The molecule has 1 N–H and O–H groups in total. The summed E-state index contributed by atoms with van der Waals surface area (Å²) in [5.41, 5.74) is 0.689. The van der Waals surface area contributed by atoms with E-state index in [9.17, 15) is 17.2 Å². The van der Waals surface area contributed by atoms with Crippen molar-refractivity contribution in [2.75, 3.05) is 32.8 Å². The molecule has 1 atom stereocenters. The van der Waals surface area contributed by atoms with Crippen molar-refractivity contribution in [3.05, 3.63) is 65.7 Å². The standard InChI is InChI=1S/C18H20F2N2O3S/c19-15-4-6-17(7-5-15)26(23,24)21-13-18(22-8-10-25-11-9-22)14-2-1-3-16(20)12-14/h1-7,12,18,21H,8-11,13H2. The molecule has 0 radical (unpaired) electrons. The molecule has 1 heterocycles. The highest BCUT2D eigenvalue weighted by Gasteiger charge is 2.25. The van der Waals surface area contributed by atoms with Gasteiger partial charge in [-0.25, -0.2) is 21.9 Å². The summed E-state index contributed by atoms with van der Waals surface area (Å²) in [6.07, 6.45) is 0. The van der Waals surface area contributed by atoms with Crippen molar-refractivity contribution in [1.29, 1.82) is 0 Å². The second kappa shape index (κ2) is 8.22. The van der Waals surface area contributed by atoms with Gasteiger partial charge < -0.3 is 4.74 Å². The van der Waals surface area contributed by atoms with Crippen LogP contribution in [0.15, 0.2) is 53.4 Å². The lowest BCUT2D eigenvalue weighted by molar-refractivity contribution is 0.0171. The smallest absolute Gasteiger partial charge is 0.240 e. The van der Waals surface area contributed by atoms with Gasteiger partial charge in [0, 0.05) is 25.7 Å². The fraction of sp³-hybridized carbons (Fsp3) is 0.333. The Bertz CT molecular complexity index is 838. The topological polar surface area (TPSA) is 58.6 Å². The van der Waals surface area contributed by atoms with E-state index in [0.717, 1.165) is 12.1 Å². The van der Waals surface area contributed by atoms with Gasteiger partial charge in [-0.05, 0) is 42.0 Å². The second-order valence-electron chi connectivity index (χ2n) is 6.02. The predicted molar refractivity (Wildman–Crippen MR) is 93.1 cm³/mol. The zero-order valence-corrected chi connectivity index (χ0v) is 14.9. The van der Waals surface area contributed by atoms with E-state index in [1.54, 1.807) is 12.1 Å². The van der Waals surface area contributed by atoms with Gasteiger partial charge in [0.25, 0.3) is 0 Å². The molecule has 1 fully saturated rings. The van der Waals surface area contributed by atoms with Gasteiger partial charge in [-0.15, -0.1) is 0 Å². The quantitative estimate of drug-likeness (QED) is 0.833. The van der Waals surface area contributed by atoms with Gasteiger partial charge in [-0.1, -0.05) is 12.1 Å². The third kappa shape index (κ3) is 4.64. The summed E-state index contributed by atoms with van der Waals surface area (Å²) in [6, 6.07) is 10.4. The summed E-state index contributed by atoms with van der Waals surface area (Å²) in [7, 11) is -3.80. The van der Waals surface area contributed by atoms with E-state index in [1.807, 2.05) is 0 Å². The Morgan fingerprint density at radius 1 is 1.04 bits per heavy atom. The Hall–Kier alpha value is -1.87. The Morgan fingerprint density at radius 3 is 2.38 bits per heavy atom. The molecule has 1 aliphatic heterocycles. The predicted octanol–water partition coefficient (Wildman–Crippen LogP) is 2.32. The molecule has 0 bridgehead atoms. The average molecular weight is 382 g/mol. The van der Waals surface area contributed by atoms with Crippen LogP contribution in [-0.4, -0.2) is 46.2 Å². The zero-order chi connectivity index (χ0) is 18.6. The van der Waals surface area contributed by atoms with Crippen LogP contribution >= 0.6 is 0 Å². The van der Waals surface area contributed by atoms with Crippen LogP contribution in [0, 0.1) is 11.6 Å². The molecule has 8 heteroatoms. The minimum atomic E-state index is -3.80. The van der Waals surface area contributed by atoms with Crippen LogP contribution in [0.4, 0.5) is 8.78 Å². The lowest BCUT2D eigenvalue weighted by Gasteiger charge is -2.34. The van der Waals surface area contributed by atoms with Crippen molar-refractivity contribution in [2.45, 2.75) is 10.9 Å². The van der Waals surface area contributed by atoms with Crippen LogP contribution in [0.25, 0.3) is 0 Å². The van der Waals surface area contributed by atoms with Crippen molar-refractivity contribution >= 4 is 10.0 Å². The molecule has 2 aromatic carbocycles. The van der Waals surface area contributed by atoms with Gasteiger partial charge in [0.15, 0.2) is 0 Å². The number of nitrogens with one attached hydrogen (secondary N) is 1. The molecule has 26 heavy (non-hydrogen) atoms.